The second-order valence-electron chi connectivity index (χ2n) is 6.74. The number of anilines is 1. The fraction of sp³-hybridized carbons (Fsp3) is 0.474. The molecule has 2 aromatic rings. The van der Waals surface area contributed by atoms with Crippen LogP contribution in [0.3, 0.4) is 0 Å². The number of hydrogen-bond acceptors (Lipinski definition) is 6. The van der Waals surface area contributed by atoms with Crippen molar-refractivity contribution >= 4 is 11.7 Å². The van der Waals surface area contributed by atoms with Crippen LogP contribution in [0.25, 0.3) is 0 Å². The number of carbonyl (C=O) groups excluding carboxylic acids is 1. The second kappa shape index (κ2) is 7.78. The summed E-state index contributed by atoms with van der Waals surface area (Å²) < 4.78 is 0. The lowest BCUT2D eigenvalue weighted by Crippen LogP contribution is -2.33. The number of nitrogens with one attached hydrogen (secondary N) is 2. The van der Waals surface area contributed by atoms with Crippen molar-refractivity contribution in [2.75, 3.05) is 25.0 Å². The largest absolute Gasteiger partial charge is 0.355 e. The van der Waals surface area contributed by atoms with E-state index in [4.69, 9.17) is 0 Å². The van der Waals surface area contributed by atoms with Gasteiger partial charge in [0.2, 0.25) is 5.82 Å². The van der Waals surface area contributed by atoms with E-state index < -0.39 is 0 Å². The molecule has 1 atom stereocenters. The first-order valence-corrected chi connectivity index (χ1v) is 8.95. The van der Waals surface area contributed by atoms with Gasteiger partial charge in [-0.3, -0.25) is 9.78 Å². The van der Waals surface area contributed by atoms with E-state index in [-0.39, 0.29) is 11.7 Å². The molecule has 3 rings (SSSR count). The maximum absolute atomic E-state index is 11.9. The van der Waals surface area contributed by atoms with Crippen molar-refractivity contribution in [3.63, 3.8) is 0 Å². The minimum atomic E-state index is -0.256. The third-order valence-electron chi connectivity index (χ3n) is 4.96. The van der Waals surface area contributed by atoms with Crippen molar-refractivity contribution < 1.29 is 4.79 Å². The van der Waals surface area contributed by atoms with Crippen molar-refractivity contribution in [3.8, 4) is 0 Å². The molecule has 1 fully saturated rings. The van der Waals surface area contributed by atoms with Crippen LogP contribution in [0.1, 0.15) is 39.6 Å². The maximum Gasteiger partial charge on any atom is 0.288 e. The molecule has 0 aromatic carbocycles. The average Bonchev–Trinajstić information content (AvgIpc) is 3.11. The van der Waals surface area contributed by atoms with Crippen LogP contribution < -0.4 is 15.5 Å². The molecule has 0 bridgehead atoms. The summed E-state index contributed by atoms with van der Waals surface area (Å²) in [5.74, 6) is 0.828. The topological polar surface area (TPSA) is 83.0 Å². The van der Waals surface area contributed by atoms with Gasteiger partial charge >= 0.3 is 0 Å². The fourth-order valence-electron chi connectivity index (χ4n) is 3.20. The Morgan fingerprint density at radius 1 is 1.31 bits per heavy atom. The lowest BCUT2D eigenvalue weighted by molar-refractivity contribution is 0.0952. The van der Waals surface area contributed by atoms with Gasteiger partial charge in [0.1, 0.15) is 5.82 Å². The quantitative estimate of drug-likeness (QED) is 0.847. The van der Waals surface area contributed by atoms with Crippen LogP contribution in [0.4, 0.5) is 5.82 Å². The Morgan fingerprint density at radius 2 is 2.12 bits per heavy atom. The molecule has 7 nitrogen and oxygen atoms in total. The minimum Gasteiger partial charge on any atom is -0.355 e. The summed E-state index contributed by atoms with van der Waals surface area (Å²) in [5.41, 5.74) is 4.15. The van der Waals surface area contributed by atoms with Gasteiger partial charge in [-0.25, -0.2) is 9.97 Å². The Kier molecular flexibility index (Phi) is 5.46. The van der Waals surface area contributed by atoms with Crippen LogP contribution in [0, 0.1) is 20.8 Å². The summed E-state index contributed by atoms with van der Waals surface area (Å²) in [6, 6.07) is 4.41. The summed E-state index contributed by atoms with van der Waals surface area (Å²) in [6.07, 6.45) is 2.86. The van der Waals surface area contributed by atoms with E-state index in [1.54, 1.807) is 7.05 Å². The molecule has 1 aliphatic heterocycles. The first kappa shape index (κ1) is 18.3. The Morgan fingerprint density at radius 3 is 2.85 bits per heavy atom. The van der Waals surface area contributed by atoms with Gasteiger partial charge in [-0.15, -0.1) is 0 Å². The Balaban J connectivity index is 1.69. The molecular weight excluding hydrogens is 328 g/mol. The van der Waals surface area contributed by atoms with E-state index in [9.17, 15) is 4.79 Å². The van der Waals surface area contributed by atoms with Gasteiger partial charge in [0.15, 0.2) is 0 Å². The lowest BCUT2D eigenvalue weighted by Gasteiger charge is -2.21. The van der Waals surface area contributed by atoms with Gasteiger partial charge in [-0.1, -0.05) is 6.07 Å². The molecule has 7 heteroatoms. The van der Waals surface area contributed by atoms with Gasteiger partial charge < -0.3 is 15.5 Å². The second-order valence-corrected chi connectivity index (χ2v) is 6.74. The van der Waals surface area contributed by atoms with Gasteiger partial charge in [-0.2, -0.15) is 0 Å². The van der Waals surface area contributed by atoms with E-state index in [0.717, 1.165) is 48.8 Å². The summed E-state index contributed by atoms with van der Waals surface area (Å²) in [4.78, 5) is 27.4. The summed E-state index contributed by atoms with van der Waals surface area (Å²) in [5, 5.41) is 6.19. The van der Waals surface area contributed by atoms with E-state index >= 15 is 0 Å². The zero-order valence-corrected chi connectivity index (χ0v) is 15.8. The molecule has 1 amide bonds. The summed E-state index contributed by atoms with van der Waals surface area (Å²) in [6.45, 7) is 8.54. The van der Waals surface area contributed by atoms with Crippen LogP contribution in [0.5, 0.6) is 0 Å². The van der Waals surface area contributed by atoms with Crippen LogP contribution in [-0.2, 0) is 6.54 Å². The van der Waals surface area contributed by atoms with E-state index in [1.807, 2.05) is 26.1 Å². The normalized spacial score (nSPS) is 16.8. The number of rotatable bonds is 5. The van der Waals surface area contributed by atoms with Gasteiger partial charge in [-0.05, 0) is 38.8 Å². The average molecular weight is 354 g/mol. The first-order chi connectivity index (χ1) is 12.5. The number of pyridine rings is 1. The van der Waals surface area contributed by atoms with Crippen molar-refractivity contribution in [3.05, 3.63) is 46.7 Å². The Hall–Kier alpha value is -2.54. The number of carbonyl (C=O) groups is 1. The molecule has 3 heterocycles. The minimum absolute atomic E-state index is 0.228. The Bertz CT molecular complexity index is 807. The van der Waals surface area contributed by atoms with Crippen LogP contribution >= 0.6 is 0 Å². The van der Waals surface area contributed by atoms with E-state index in [1.165, 1.54) is 5.56 Å². The first-order valence-electron chi connectivity index (χ1n) is 8.95. The molecule has 26 heavy (non-hydrogen) atoms. The monoisotopic (exact) mass is 354 g/mol. The number of aryl methyl sites for hydroxylation is 2. The standard InChI is InChI=1S/C19H26N6O/c1-12-6-5-8-21-16(12)10-22-15-7-9-25(11-15)18-13(2)14(3)23-17(24-18)19(26)20-4/h5-6,8,15,22H,7,9-11H2,1-4H3,(H,20,26)/t15-/m1/s1. The molecule has 0 aliphatic carbocycles. The number of amides is 1. The Labute approximate surface area is 154 Å². The molecule has 1 saturated heterocycles. The molecule has 0 radical (unpaired) electrons. The molecule has 0 saturated carbocycles. The van der Waals surface area contributed by atoms with Crippen molar-refractivity contribution in [1.82, 2.24) is 25.6 Å². The fourth-order valence-corrected chi connectivity index (χ4v) is 3.20. The lowest BCUT2D eigenvalue weighted by atomic mass is 10.2. The summed E-state index contributed by atoms with van der Waals surface area (Å²) >= 11 is 0. The third-order valence-corrected chi connectivity index (χ3v) is 4.96. The molecule has 0 unspecified atom stereocenters. The highest BCUT2D eigenvalue weighted by Crippen LogP contribution is 2.24. The van der Waals surface area contributed by atoms with Gasteiger partial charge in [0.25, 0.3) is 5.91 Å². The highest BCUT2D eigenvalue weighted by molar-refractivity contribution is 5.90. The van der Waals surface area contributed by atoms with Crippen LogP contribution in [-0.4, -0.2) is 47.0 Å². The third kappa shape index (κ3) is 3.83. The SMILES string of the molecule is CNC(=O)c1nc(C)c(C)c(N2CC[C@@H](NCc3ncccc3C)C2)n1. The highest BCUT2D eigenvalue weighted by Gasteiger charge is 2.26. The molecule has 1 aliphatic rings. The van der Waals surface area contributed by atoms with E-state index in [2.05, 4.69) is 43.5 Å². The molecule has 2 N–H and O–H groups in total. The number of nitrogens with zero attached hydrogens (tertiary/aromatic N) is 4. The molecule has 2 aromatic heterocycles. The maximum atomic E-state index is 11.9. The van der Waals surface area contributed by atoms with Crippen molar-refractivity contribution in [2.45, 2.75) is 39.8 Å². The van der Waals surface area contributed by atoms with Gasteiger partial charge in [0.05, 0.1) is 5.69 Å². The number of hydrogen-bond donors (Lipinski definition) is 2. The van der Waals surface area contributed by atoms with Crippen LogP contribution in [0.15, 0.2) is 18.3 Å². The van der Waals surface area contributed by atoms with Crippen molar-refractivity contribution in [1.29, 1.82) is 0 Å². The van der Waals surface area contributed by atoms with E-state index in [0.29, 0.717) is 6.04 Å². The predicted octanol–water partition coefficient (Wildman–Crippen LogP) is 1.52. The zero-order chi connectivity index (χ0) is 18.7. The number of aromatic nitrogens is 3. The smallest absolute Gasteiger partial charge is 0.288 e. The highest BCUT2D eigenvalue weighted by atomic mass is 16.2. The predicted molar refractivity (Wildman–Crippen MR) is 101 cm³/mol. The summed E-state index contributed by atoms with van der Waals surface area (Å²) in [7, 11) is 1.59. The van der Waals surface area contributed by atoms with Gasteiger partial charge in [0, 0.05) is 50.2 Å². The molecular formula is C19H26N6O. The van der Waals surface area contributed by atoms with Crippen molar-refractivity contribution in [2.24, 2.45) is 0 Å². The van der Waals surface area contributed by atoms with Crippen LogP contribution in [0.2, 0.25) is 0 Å². The molecule has 138 valence electrons. The molecule has 0 spiro atoms. The zero-order valence-electron chi connectivity index (χ0n) is 15.8.